The predicted octanol–water partition coefficient (Wildman–Crippen LogP) is 4.90. The van der Waals surface area contributed by atoms with Crippen molar-refractivity contribution in [3.05, 3.63) is 76.6 Å². The number of rotatable bonds is 5. The van der Waals surface area contributed by atoms with E-state index in [4.69, 9.17) is 4.74 Å². The molecule has 1 saturated heterocycles. The van der Waals surface area contributed by atoms with E-state index >= 15 is 0 Å². The number of nitrogens with zero attached hydrogens (tertiary/aromatic N) is 2. The average Bonchev–Trinajstić information content (AvgIpc) is 3.43. The molecule has 32 heavy (non-hydrogen) atoms. The molecule has 0 atom stereocenters. The second-order valence-corrected chi connectivity index (χ2v) is 8.25. The molecule has 1 aliphatic heterocycles. The molecule has 1 N–H and O–H groups in total. The fourth-order valence-corrected chi connectivity index (χ4v) is 4.40. The van der Waals surface area contributed by atoms with Crippen LogP contribution in [-0.4, -0.2) is 41.5 Å². The lowest BCUT2D eigenvalue weighted by molar-refractivity contribution is 0.0791. The molecule has 0 spiro atoms. The lowest BCUT2D eigenvalue weighted by atomic mass is 10.0. The van der Waals surface area contributed by atoms with Gasteiger partial charge in [0.05, 0.1) is 12.7 Å². The lowest BCUT2D eigenvalue weighted by Gasteiger charge is -2.18. The molecule has 4 rings (SSSR count). The van der Waals surface area contributed by atoms with Crippen molar-refractivity contribution in [3.63, 3.8) is 0 Å². The van der Waals surface area contributed by atoms with Gasteiger partial charge in [-0.15, -0.1) is 0 Å². The smallest absolute Gasteiger partial charge is 0.257 e. The Balaban J connectivity index is 1.59. The number of anilines is 1. The molecule has 0 saturated carbocycles. The maximum Gasteiger partial charge on any atom is 0.257 e. The zero-order valence-corrected chi connectivity index (χ0v) is 19.1. The first-order chi connectivity index (χ1) is 15.4. The lowest BCUT2D eigenvalue weighted by Crippen LogP contribution is -2.28. The molecule has 1 aliphatic rings. The third-order valence-electron chi connectivity index (χ3n) is 6.21. The standard InChI is InChI=1S/C26H29N3O3/c1-17-16-23(19(3)29(17)20-10-12-21(32-4)13-11-20)25(30)27-24-9-7-8-22(18(24)2)26(31)28-14-5-6-15-28/h7-13,16H,5-6,14-15H2,1-4H3,(H,27,30). The van der Waals surface area contributed by atoms with Crippen molar-refractivity contribution in [2.45, 2.75) is 33.6 Å². The number of hydrogen-bond donors (Lipinski definition) is 1. The molecule has 2 aromatic carbocycles. The number of nitrogens with one attached hydrogen (secondary N) is 1. The highest BCUT2D eigenvalue weighted by Gasteiger charge is 2.23. The van der Waals surface area contributed by atoms with Crippen LogP contribution < -0.4 is 10.1 Å². The molecule has 2 heterocycles. The summed E-state index contributed by atoms with van der Waals surface area (Å²) in [6.07, 6.45) is 2.09. The Kier molecular flexibility index (Phi) is 6.04. The maximum absolute atomic E-state index is 13.2. The largest absolute Gasteiger partial charge is 0.497 e. The first-order valence-corrected chi connectivity index (χ1v) is 10.9. The molecule has 6 nitrogen and oxygen atoms in total. The third-order valence-corrected chi connectivity index (χ3v) is 6.21. The molecule has 1 aromatic heterocycles. The second kappa shape index (κ2) is 8.91. The van der Waals surface area contributed by atoms with E-state index in [1.807, 2.05) is 74.2 Å². The Labute approximate surface area is 188 Å². The van der Waals surface area contributed by atoms with Crippen LogP contribution in [0.2, 0.25) is 0 Å². The molecular weight excluding hydrogens is 402 g/mol. The normalized spacial score (nSPS) is 13.3. The number of aryl methyl sites for hydroxylation is 1. The maximum atomic E-state index is 13.2. The van der Waals surface area contributed by atoms with E-state index in [-0.39, 0.29) is 11.8 Å². The fraction of sp³-hybridized carbons (Fsp3) is 0.308. The summed E-state index contributed by atoms with van der Waals surface area (Å²) in [5.41, 5.74) is 5.49. The van der Waals surface area contributed by atoms with Crippen LogP contribution in [0.5, 0.6) is 5.75 Å². The summed E-state index contributed by atoms with van der Waals surface area (Å²) in [5.74, 6) is 0.633. The van der Waals surface area contributed by atoms with Crippen LogP contribution >= 0.6 is 0 Å². The van der Waals surface area contributed by atoms with E-state index in [0.29, 0.717) is 16.8 Å². The van der Waals surface area contributed by atoms with Gasteiger partial charge in [-0.3, -0.25) is 9.59 Å². The fourth-order valence-electron chi connectivity index (χ4n) is 4.40. The highest BCUT2D eigenvalue weighted by Crippen LogP contribution is 2.26. The number of benzene rings is 2. The second-order valence-electron chi connectivity index (χ2n) is 8.25. The highest BCUT2D eigenvalue weighted by atomic mass is 16.5. The summed E-state index contributed by atoms with van der Waals surface area (Å²) >= 11 is 0. The van der Waals surface area contributed by atoms with Gasteiger partial charge in [0.25, 0.3) is 11.8 Å². The van der Waals surface area contributed by atoms with Gasteiger partial charge in [0, 0.05) is 41.4 Å². The zero-order valence-electron chi connectivity index (χ0n) is 19.1. The van der Waals surface area contributed by atoms with Crippen molar-refractivity contribution in [2.75, 3.05) is 25.5 Å². The SMILES string of the molecule is COc1ccc(-n2c(C)cc(C(=O)Nc3cccc(C(=O)N4CCCC4)c3C)c2C)cc1. The third kappa shape index (κ3) is 4.00. The van der Waals surface area contributed by atoms with Gasteiger partial charge in [-0.25, -0.2) is 0 Å². The zero-order chi connectivity index (χ0) is 22.8. The van der Waals surface area contributed by atoms with E-state index in [1.165, 1.54) is 0 Å². The molecule has 0 bridgehead atoms. The molecule has 0 radical (unpaired) electrons. The number of carbonyl (C=O) groups is 2. The monoisotopic (exact) mass is 431 g/mol. The number of hydrogen-bond acceptors (Lipinski definition) is 3. The minimum absolute atomic E-state index is 0.0359. The number of aromatic nitrogens is 1. The first-order valence-electron chi connectivity index (χ1n) is 10.9. The minimum Gasteiger partial charge on any atom is -0.497 e. The molecule has 0 unspecified atom stereocenters. The highest BCUT2D eigenvalue weighted by molar-refractivity contribution is 6.07. The summed E-state index contributed by atoms with van der Waals surface area (Å²) in [5, 5.41) is 3.02. The summed E-state index contributed by atoms with van der Waals surface area (Å²) in [6, 6.07) is 15.1. The van der Waals surface area contributed by atoms with Crippen LogP contribution in [0.3, 0.4) is 0 Å². The van der Waals surface area contributed by atoms with E-state index < -0.39 is 0 Å². The molecule has 6 heteroatoms. The quantitative estimate of drug-likeness (QED) is 0.625. The van der Waals surface area contributed by atoms with Crippen LogP contribution in [0.25, 0.3) is 5.69 Å². The summed E-state index contributed by atoms with van der Waals surface area (Å²) in [6.45, 7) is 7.40. The van der Waals surface area contributed by atoms with Gasteiger partial charge in [0.15, 0.2) is 0 Å². The van der Waals surface area contributed by atoms with Crippen molar-refractivity contribution in [3.8, 4) is 11.4 Å². The van der Waals surface area contributed by atoms with Gasteiger partial charge in [0.2, 0.25) is 0 Å². The molecule has 1 fully saturated rings. The van der Waals surface area contributed by atoms with Crippen LogP contribution in [0.15, 0.2) is 48.5 Å². The number of carbonyl (C=O) groups excluding carboxylic acids is 2. The Hall–Kier alpha value is -3.54. The van der Waals surface area contributed by atoms with Crippen molar-refractivity contribution < 1.29 is 14.3 Å². The van der Waals surface area contributed by atoms with Crippen molar-refractivity contribution in [1.82, 2.24) is 9.47 Å². The van der Waals surface area contributed by atoms with Gasteiger partial charge >= 0.3 is 0 Å². The summed E-state index contributed by atoms with van der Waals surface area (Å²) < 4.78 is 7.30. The van der Waals surface area contributed by atoms with Gasteiger partial charge in [-0.1, -0.05) is 6.07 Å². The van der Waals surface area contributed by atoms with Crippen molar-refractivity contribution in [1.29, 1.82) is 0 Å². The van der Waals surface area contributed by atoms with Gasteiger partial charge in [-0.2, -0.15) is 0 Å². The minimum atomic E-state index is -0.188. The molecular formula is C26H29N3O3. The number of likely N-dealkylation sites (tertiary alicyclic amines) is 1. The predicted molar refractivity (Wildman–Crippen MR) is 126 cm³/mol. The molecule has 0 aliphatic carbocycles. The number of amides is 2. The van der Waals surface area contributed by atoms with Gasteiger partial charge in [0.1, 0.15) is 5.75 Å². The summed E-state index contributed by atoms with van der Waals surface area (Å²) in [7, 11) is 1.64. The van der Waals surface area contributed by atoms with Crippen LogP contribution in [0.4, 0.5) is 5.69 Å². The number of ether oxygens (including phenoxy) is 1. The molecule has 2 amide bonds. The van der Waals surface area contributed by atoms with E-state index in [1.54, 1.807) is 7.11 Å². The first kappa shape index (κ1) is 21.7. The Morgan fingerprint density at radius 1 is 0.938 bits per heavy atom. The van der Waals surface area contributed by atoms with E-state index in [2.05, 4.69) is 9.88 Å². The van der Waals surface area contributed by atoms with Crippen LogP contribution in [-0.2, 0) is 0 Å². The Morgan fingerprint density at radius 2 is 1.62 bits per heavy atom. The Bertz CT molecular complexity index is 1160. The van der Waals surface area contributed by atoms with Gasteiger partial charge in [-0.05, 0) is 81.6 Å². The van der Waals surface area contributed by atoms with Crippen LogP contribution in [0.1, 0.15) is 50.5 Å². The number of methoxy groups -OCH3 is 1. The average molecular weight is 432 g/mol. The topological polar surface area (TPSA) is 63.6 Å². The summed E-state index contributed by atoms with van der Waals surface area (Å²) in [4.78, 5) is 27.9. The molecule has 3 aromatic rings. The van der Waals surface area contributed by atoms with E-state index in [0.717, 1.165) is 54.3 Å². The molecule has 166 valence electrons. The van der Waals surface area contributed by atoms with Crippen molar-refractivity contribution in [2.24, 2.45) is 0 Å². The van der Waals surface area contributed by atoms with Crippen molar-refractivity contribution >= 4 is 17.5 Å². The Morgan fingerprint density at radius 3 is 2.28 bits per heavy atom. The van der Waals surface area contributed by atoms with Gasteiger partial charge < -0.3 is 19.5 Å². The van der Waals surface area contributed by atoms with E-state index in [9.17, 15) is 9.59 Å². The van der Waals surface area contributed by atoms with Crippen LogP contribution in [0, 0.1) is 20.8 Å².